The third kappa shape index (κ3) is 7.11. The summed E-state index contributed by atoms with van der Waals surface area (Å²) in [7, 11) is 6.73. The molecule has 0 radical (unpaired) electrons. The van der Waals surface area contributed by atoms with E-state index in [2.05, 4.69) is 57.4 Å². The van der Waals surface area contributed by atoms with E-state index in [1.165, 1.54) is 55.0 Å². The Morgan fingerprint density at radius 1 is 0.960 bits per heavy atom. The topological polar surface area (TPSA) is 25.0 Å². The summed E-state index contributed by atoms with van der Waals surface area (Å²) in [6.45, 7) is 4.23. The van der Waals surface area contributed by atoms with Gasteiger partial charge in [-0.05, 0) is 30.2 Å². The van der Waals surface area contributed by atoms with Gasteiger partial charge in [-0.3, -0.25) is 0 Å². The molecule has 0 bridgehead atoms. The summed E-state index contributed by atoms with van der Waals surface area (Å²) in [5.41, 5.74) is 2.60. The molecular weight excluding hydrogens is 308 g/mol. The lowest BCUT2D eigenvalue weighted by atomic mass is 10.1. The highest BCUT2D eigenvalue weighted by molar-refractivity contribution is 5.84. The fourth-order valence-corrected chi connectivity index (χ4v) is 3.16. The van der Waals surface area contributed by atoms with Crippen LogP contribution < -0.4 is 4.74 Å². The van der Waals surface area contributed by atoms with Crippen molar-refractivity contribution >= 4 is 10.9 Å². The molecule has 1 aromatic heterocycles. The lowest BCUT2D eigenvalue weighted by molar-refractivity contribution is -0.870. The lowest BCUT2D eigenvalue weighted by Gasteiger charge is -2.23. The minimum Gasteiger partial charge on any atom is -0.494 e. The van der Waals surface area contributed by atoms with Gasteiger partial charge in [0, 0.05) is 23.5 Å². The lowest BCUT2D eigenvalue weighted by Crippen LogP contribution is -2.36. The van der Waals surface area contributed by atoms with E-state index in [4.69, 9.17) is 4.74 Å². The largest absolute Gasteiger partial charge is 0.494 e. The molecule has 3 heteroatoms. The molecular formula is C22H37N2O+. The van der Waals surface area contributed by atoms with E-state index in [0.29, 0.717) is 0 Å². The third-order valence-corrected chi connectivity index (χ3v) is 4.81. The minimum absolute atomic E-state index is 0.831. The van der Waals surface area contributed by atoms with Gasteiger partial charge in [-0.1, -0.05) is 45.4 Å². The van der Waals surface area contributed by atoms with Crippen molar-refractivity contribution in [3.8, 4) is 5.75 Å². The van der Waals surface area contributed by atoms with Crippen molar-refractivity contribution in [2.75, 3.05) is 34.3 Å². The van der Waals surface area contributed by atoms with Gasteiger partial charge in [0.15, 0.2) is 0 Å². The molecule has 0 aliphatic heterocycles. The Labute approximate surface area is 154 Å². The van der Waals surface area contributed by atoms with E-state index in [9.17, 15) is 0 Å². The molecule has 0 saturated heterocycles. The zero-order valence-electron chi connectivity index (χ0n) is 16.7. The van der Waals surface area contributed by atoms with Crippen molar-refractivity contribution in [2.24, 2.45) is 0 Å². The monoisotopic (exact) mass is 345 g/mol. The molecule has 3 nitrogen and oxygen atoms in total. The number of hydrogen-bond acceptors (Lipinski definition) is 1. The molecule has 0 amide bonds. The predicted octanol–water partition coefficient (Wildman–Crippen LogP) is 5.55. The van der Waals surface area contributed by atoms with E-state index in [0.717, 1.165) is 36.2 Å². The normalized spacial score (nSPS) is 12.0. The fourth-order valence-electron chi connectivity index (χ4n) is 3.16. The average molecular weight is 346 g/mol. The molecule has 0 spiro atoms. The molecule has 0 unspecified atom stereocenters. The number of aromatic nitrogens is 1. The number of rotatable bonds is 12. The molecule has 1 aromatic carbocycles. The first-order valence-corrected chi connectivity index (χ1v) is 10.0. The quantitative estimate of drug-likeness (QED) is 0.396. The summed E-state index contributed by atoms with van der Waals surface area (Å²) in [6.07, 6.45) is 12.5. The Bertz CT molecular complexity index is 624. The number of fused-ring (bicyclic) bond motifs is 1. The van der Waals surface area contributed by atoms with Gasteiger partial charge in [0.25, 0.3) is 0 Å². The second kappa shape index (κ2) is 9.86. The van der Waals surface area contributed by atoms with Crippen molar-refractivity contribution < 1.29 is 9.22 Å². The summed E-state index contributed by atoms with van der Waals surface area (Å²) in [5, 5.41) is 1.31. The summed E-state index contributed by atoms with van der Waals surface area (Å²) in [5.74, 6) is 1.00. The van der Waals surface area contributed by atoms with Crippen molar-refractivity contribution in [1.29, 1.82) is 0 Å². The molecule has 25 heavy (non-hydrogen) atoms. The molecule has 0 aliphatic rings. The average Bonchev–Trinajstić information content (AvgIpc) is 2.97. The van der Waals surface area contributed by atoms with Crippen LogP contribution >= 0.6 is 0 Å². The zero-order chi connectivity index (χ0) is 18.1. The number of likely N-dealkylation sites (N-methyl/N-ethyl adjacent to an activating group) is 1. The predicted molar refractivity (Wildman–Crippen MR) is 108 cm³/mol. The SMILES string of the molecule is CCCCCCCCCOc1ccc2[nH]cc(CC[N+](C)(C)C)c2c1. The summed E-state index contributed by atoms with van der Waals surface area (Å²) >= 11 is 0. The maximum absolute atomic E-state index is 5.99. The standard InChI is InChI=1S/C22H37N2O/c1-5-6-7-8-9-10-11-16-25-20-12-13-22-21(17-20)19(18-23-22)14-15-24(2,3)4/h12-13,17-18,23H,5-11,14-16H2,1-4H3/q+1. The number of nitrogens with zero attached hydrogens (tertiary/aromatic N) is 1. The molecule has 1 N–H and O–H groups in total. The second-order valence-corrected chi connectivity index (χ2v) is 8.26. The van der Waals surface area contributed by atoms with Crippen LogP contribution in [0.4, 0.5) is 0 Å². The Hall–Kier alpha value is -1.48. The number of ether oxygens (including phenoxy) is 1. The van der Waals surface area contributed by atoms with Crippen LogP contribution in [0.2, 0.25) is 0 Å². The van der Waals surface area contributed by atoms with Crippen LogP contribution in [0.5, 0.6) is 5.75 Å². The summed E-state index contributed by atoms with van der Waals surface area (Å²) in [4.78, 5) is 3.39. The van der Waals surface area contributed by atoms with E-state index in [1.807, 2.05) is 0 Å². The van der Waals surface area contributed by atoms with Crippen molar-refractivity contribution in [3.63, 3.8) is 0 Å². The van der Waals surface area contributed by atoms with Gasteiger partial charge in [-0.2, -0.15) is 0 Å². The molecule has 0 fully saturated rings. The fraction of sp³-hybridized carbons (Fsp3) is 0.636. The maximum atomic E-state index is 5.99. The highest BCUT2D eigenvalue weighted by atomic mass is 16.5. The Balaban J connectivity index is 1.79. The molecule has 2 rings (SSSR count). The van der Waals surface area contributed by atoms with Crippen LogP contribution in [0.25, 0.3) is 10.9 Å². The molecule has 2 aromatic rings. The van der Waals surface area contributed by atoms with Gasteiger partial charge in [-0.25, -0.2) is 0 Å². The Kier molecular flexibility index (Phi) is 7.83. The van der Waals surface area contributed by atoms with Crippen LogP contribution in [0.3, 0.4) is 0 Å². The van der Waals surface area contributed by atoms with Crippen LogP contribution in [0, 0.1) is 0 Å². The highest BCUT2D eigenvalue weighted by Crippen LogP contribution is 2.24. The number of aromatic amines is 1. The van der Waals surface area contributed by atoms with Gasteiger partial charge in [0.05, 0.1) is 34.3 Å². The van der Waals surface area contributed by atoms with E-state index >= 15 is 0 Å². The second-order valence-electron chi connectivity index (χ2n) is 8.26. The first-order chi connectivity index (χ1) is 12.0. The van der Waals surface area contributed by atoms with Gasteiger partial charge in [-0.15, -0.1) is 0 Å². The Morgan fingerprint density at radius 3 is 2.40 bits per heavy atom. The van der Waals surface area contributed by atoms with E-state index in [-0.39, 0.29) is 0 Å². The van der Waals surface area contributed by atoms with Crippen LogP contribution in [0.15, 0.2) is 24.4 Å². The smallest absolute Gasteiger partial charge is 0.120 e. The van der Waals surface area contributed by atoms with Crippen molar-refractivity contribution in [3.05, 3.63) is 30.0 Å². The number of quaternary nitrogens is 1. The van der Waals surface area contributed by atoms with Crippen molar-refractivity contribution in [2.45, 2.75) is 58.3 Å². The number of unbranched alkanes of at least 4 members (excludes halogenated alkanes) is 6. The van der Waals surface area contributed by atoms with Gasteiger partial charge in [0.1, 0.15) is 5.75 Å². The highest BCUT2D eigenvalue weighted by Gasteiger charge is 2.11. The molecule has 1 heterocycles. The minimum atomic E-state index is 0.831. The summed E-state index contributed by atoms with van der Waals surface area (Å²) < 4.78 is 6.98. The van der Waals surface area contributed by atoms with Crippen LogP contribution in [-0.2, 0) is 6.42 Å². The van der Waals surface area contributed by atoms with Gasteiger partial charge in [0.2, 0.25) is 0 Å². The maximum Gasteiger partial charge on any atom is 0.120 e. The van der Waals surface area contributed by atoms with Gasteiger partial charge >= 0.3 is 0 Å². The molecule has 0 atom stereocenters. The Morgan fingerprint density at radius 2 is 1.68 bits per heavy atom. The third-order valence-electron chi connectivity index (χ3n) is 4.81. The number of hydrogen-bond donors (Lipinski definition) is 1. The number of nitrogens with one attached hydrogen (secondary N) is 1. The van der Waals surface area contributed by atoms with Crippen LogP contribution in [0.1, 0.15) is 57.4 Å². The first kappa shape index (κ1) is 19.8. The number of H-pyrrole nitrogens is 1. The van der Waals surface area contributed by atoms with E-state index < -0.39 is 0 Å². The molecule has 0 saturated carbocycles. The van der Waals surface area contributed by atoms with E-state index in [1.54, 1.807) is 0 Å². The zero-order valence-corrected chi connectivity index (χ0v) is 16.7. The van der Waals surface area contributed by atoms with Gasteiger partial charge < -0.3 is 14.2 Å². The number of benzene rings is 1. The first-order valence-electron chi connectivity index (χ1n) is 10.0. The molecule has 0 aliphatic carbocycles. The summed E-state index contributed by atoms with van der Waals surface area (Å²) in [6, 6.07) is 6.44. The van der Waals surface area contributed by atoms with Crippen LogP contribution in [-0.4, -0.2) is 43.8 Å². The molecule has 140 valence electrons. The van der Waals surface area contributed by atoms with Crippen molar-refractivity contribution in [1.82, 2.24) is 4.98 Å².